The third-order valence-electron chi connectivity index (χ3n) is 6.43. The van der Waals surface area contributed by atoms with Gasteiger partial charge in [-0.25, -0.2) is 4.39 Å². The van der Waals surface area contributed by atoms with Gasteiger partial charge in [0.2, 0.25) is 17.7 Å². The molecule has 12 heteroatoms. The minimum Gasteiger partial charge on any atom is -0.369 e. The summed E-state index contributed by atoms with van der Waals surface area (Å²) in [5, 5.41) is 5.03. The number of anilines is 2. The first kappa shape index (κ1) is 26.4. The largest absolute Gasteiger partial charge is 0.416 e. The van der Waals surface area contributed by atoms with Crippen molar-refractivity contribution in [2.75, 3.05) is 56.0 Å². The predicted octanol–water partition coefficient (Wildman–Crippen LogP) is 2.32. The highest BCUT2D eigenvalue weighted by Gasteiger charge is 2.36. The second kappa shape index (κ2) is 11.2. The van der Waals surface area contributed by atoms with E-state index in [-0.39, 0.29) is 43.5 Å². The summed E-state index contributed by atoms with van der Waals surface area (Å²) in [5.74, 6) is -1.77. The zero-order valence-corrected chi connectivity index (χ0v) is 19.9. The zero-order valence-electron chi connectivity index (χ0n) is 19.9. The highest BCUT2D eigenvalue weighted by molar-refractivity contribution is 5.97. The molecule has 37 heavy (non-hydrogen) atoms. The fraction of sp³-hybridized carbons (Fsp3) is 0.400. The van der Waals surface area contributed by atoms with Crippen molar-refractivity contribution < 1.29 is 31.9 Å². The van der Waals surface area contributed by atoms with E-state index in [9.17, 15) is 31.9 Å². The van der Waals surface area contributed by atoms with Crippen molar-refractivity contribution in [1.29, 1.82) is 0 Å². The Morgan fingerprint density at radius 3 is 2.38 bits per heavy atom. The number of hydrogen-bond acceptors (Lipinski definition) is 5. The van der Waals surface area contributed by atoms with Gasteiger partial charge in [-0.1, -0.05) is 6.07 Å². The number of rotatable bonds is 6. The first-order valence-corrected chi connectivity index (χ1v) is 11.9. The van der Waals surface area contributed by atoms with Crippen molar-refractivity contribution in [3.05, 3.63) is 59.9 Å². The van der Waals surface area contributed by atoms with E-state index in [1.165, 1.54) is 29.2 Å². The number of halogens is 4. The Morgan fingerprint density at radius 1 is 1.00 bits per heavy atom. The molecule has 8 nitrogen and oxygen atoms in total. The van der Waals surface area contributed by atoms with E-state index >= 15 is 0 Å². The summed E-state index contributed by atoms with van der Waals surface area (Å²) in [6, 6.07) is 9.35. The lowest BCUT2D eigenvalue weighted by molar-refractivity contribution is -0.145. The Labute approximate surface area is 211 Å². The van der Waals surface area contributed by atoms with Crippen molar-refractivity contribution in [2.24, 2.45) is 0 Å². The summed E-state index contributed by atoms with van der Waals surface area (Å²) in [6.07, 6.45) is -4.94. The minimum atomic E-state index is -4.56. The van der Waals surface area contributed by atoms with Crippen LogP contribution in [0, 0.1) is 5.82 Å². The summed E-state index contributed by atoms with van der Waals surface area (Å²) in [4.78, 5) is 43.6. The molecule has 0 spiro atoms. The van der Waals surface area contributed by atoms with E-state index in [0.29, 0.717) is 26.2 Å². The average Bonchev–Trinajstić information content (AvgIpc) is 2.86. The molecular weight excluding hydrogens is 494 g/mol. The number of hydrogen-bond donors (Lipinski definition) is 2. The van der Waals surface area contributed by atoms with Crippen molar-refractivity contribution in [3.63, 3.8) is 0 Å². The molecular formula is C25H27F4N5O3. The third-order valence-corrected chi connectivity index (χ3v) is 6.43. The van der Waals surface area contributed by atoms with Gasteiger partial charge in [0.05, 0.1) is 18.5 Å². The lowest BCUT2D eigenvalue weighted by atomic mass is 10.1. The standard InChI is InChI=1S/C25H27F4N5O3/c26-18-4-6-20(7-5-18)33-12-10-32(11-13-33)16-23(36)34-9-8-30-24(37)21(34)15-22(35)31-19-3-1-2-17(14-19)25(27,28)29/h1-7,14,21H,8-13,15-16H2,(H,30,37)(H,31,35)/t21-/m0/s1. The van der Waals surface area contributed by atoms with Crippen LogP contribution in [0.25, 0.3) is 0 Å². The van der Waals surface area contributed by atoms with Gasteiger partial charge < -0.3 is 20.4 Å². The van der Waals surface area contributed by atoms with Gasteiger partial charge in [-0.15, -0.1) is 0 Å². The van der Waals surface area contributed by atoms with Gasteiger partial charge in [-0.2, -0.15) is 13.2 Å². The van der Waals surface area contributed by atoms with E-state index in [4.69, 9.17) is 0 Å². The van der Waals surface area contributed by atoms with Crippen LogP contribution < -0.4 is 15.5 Å². The van der Waals surface area contributed by atoms with Gasteiger partial charge in [0, 0.05) is 50.6 Å². The van der Waals surface area contributed by atoms with Gasteiger partial charge in [-0.05, 0) is 42.5 Å². The van der Waals surface area contributed by atoms with Crippen molar-refractivity contribution in [1.82, 2.24) is 15.1 Å². The van der Waals surface area contributed by atoms with Crippen LogP contribution in [-0.2, 0) is 20.6 Å². The Kier molecular flexibility index (Phi) is 7.96. The second-order valence-corrected chi connectivity index (χ2v) is 8.96. The van der Waals surface area contributed by atoms with Crippen LogP contribution in [0.15, 0.2) is 48.5 Å². The number of carbonyl (C=O) groups is 3. The first-order valence-electron chi connectivity index (χ1n) is 11.9. The number of nitrogens with zero attached hydrogens (tertiary/aromatic N) is 3. The molecule has 198 valence electrons. The molecule has 1 atom stereocenters. The summed E-state index contributed by atoms with van der Waals surface area (Å²) >= 11 is 0. The van der Waals surface area contributed by atoms with E-state index in [1.807, 2.05) is 4.90 Å². The lowest BCUT2D eigenvalue weighted by Gasteiger charge is -2.39. The Bertz CT molecular complexity index is 1130. The summed E-state index contributed by atoms with van der Waals surface area (Å²) in [7, 11) is 0. The van der Waals surface area contributed by atoms with Crippen LogP contribution in [0.2, 0.25) is 0 Å². The quantitative estimate of drug-likeness (QED) is 0.571. The molecule has 3 amide bonds. The topological polar surface area (TPSA) is 85.0 Å². The molecule has 2 aromatic carbocycles. The third kappa shape index (κ3) is 6.76. The Hall–Kier alpha value is -3.67. The fourth-order valence-electron chi connectivity index (χ4n) is 4.48. The molecule has 0 bridgehead atoms. The molecule has 2 N–H and O–H groups in total. The molecule has 0 saturated carbocycles. The molecule has 4 rings (SSSR count). The fourth-order valence-corrected chi connectivity index (χ4v) is 4.48. The number of benzene rings is 2. The van der Waals surface area contributed by atoms with Crippen molar-refractivity contribution in [2.45, 2.75) is 18.6 Å². The smallest absolute Gasteiger partial charge is 0.369 e. The van der Waals surface area contributed by atoms with Gasteiger partial charge in [0.15, 0.2) is 0 Å². The number of amides is 3. The molecule has 2 aliphatic heterocycles. The van der Waals surface area contributed by atoms with E-state index in [1.54, 1.807) is 12.1 Å². The number of alkyl halides is 3. The maximum Gasteiger partial charge on any atom is 0.416 e. The molecule has 2 aliphatic rings. The highest BCUT2D eigenvalue weighted by atomic mass is 19.4. The van der Waals surface area contributed by atoms with Crippen molar-refractivity contribution >= 4 is 29.1 Å². The first-order chi connectivity index (χ1) is 17.6. The van der Waals surface area contributed by atoms with Gasteiger partial charge in [0.1, 0.15) is 11.9 Å². The van der Waals surface area contributed by atoms with Crippen LogP contribution in [-0.4, -0.2) is 79.4 Å². The van der Waals surface area contributed by atoms with E-state index in [0.717, 1.165) is 17.8 Å². The van der Waals surface area contributed by atoms with Crippen LogP contribution >= 0.6 is 0 Å². The van der Waals surface area contributed by atoms with Crippen LogP contribution in [0.3, 0.4) is 0 Å². The lowest BCUT2D eigenvalue weighted by Crippen LogP contribution is -2.60. The minimum absolute atomic E-state index is 0.0482. The zero-order chi connectivity index (χ0) is 26.6. The molecule has 0 radical (unpaired) electrons. The van der Waals surface area contributed by atoms with E-state index < -0.39 is 29.6 Å². The van der Waals surface area contributed by atoms with Crippen molar-refractivity contribution in [3.8, 4) is 0 Å². The maximum absolute atomic E-state index is 13.2. The molecule has 2 aromatic rings. The summed E-state index contributed by atoms with van der Waals surface area (Å²) in [5.41, 5.74) is -0.0584. The molecule has 0 aliphatic carbocycles. The second-order valence-electron chi connectivity index (χ2n) is 8.96. The monoisotopic (exact) mass is 521 g/mol. The number of nitrogens with one attached hydrogen (secondary N) is 2. The summed E-state index contributed by atoms with van der Waals surface area (Å²) in [6.45, 7) is 2.99. The van der Waals surface area contributed by atoms with Crippen LogP contribution in [0.4, 0.5) is 28.9 Å². The molecule has 2 saturated heterocycles. The molecule has 2 fully saturated rings. The number of piperazine rings is 2. The SMILES string of the molecule is O=C(C[C@H]1C(=O)NCCN1C(=O)CN1CCN(c2ccc(F)cc2)CC1)Nc1cccc(C(F)(F)F)c1. The number of carbonyl (C=O) groups excluding carboxylic acids is 3. The predicted molar refractivity (Wildman–Crippen MR) is 128 cm³/mol. The molecule has 2 heterocycles. The Morgan fingerprint density at radius 2 is 1.70 bits per heavy atom. The average molecular weight is 522 g/mol. The van der Waals surface area contributed by atoms with E-state index in [2.05, 4.69) is 15.5 Å². The molecule has 0 unspecified atom stereocenters. The van der Waals surface area contributed by atoms with Crippen LogP contribution in [0.1, 0.15) is 12.0 Å². The van der Waals surface area contributed by atoms with Gasteiger partial charge in [0.25, 0.3) is 0 Å². The molecule has 0 aromatic heterocycles. The van der Waals surface area contributed by atoms with Gasteiger partial charge in [-0.3, -0.25) is 19.3 Å². The van der Waals surface area contributed by atoms with Gasteiger partial charge >= 0.3 is 6.18 Å². The normalized spacial score (nSPS) is 18.9. The summed E-state index contributed by atoms with van der Waals surface area (Å²) < 4.78 is 52.0. The Balaban J connectivity index is 1.33. The maximum atomic E-state index is 13.2. The van der Waals surface area contributed by atoms with Crippen LogP contribution in [0.5, 0.6) is 0 Å². The highest BCUT2D eigenvalue weighted by Crippen LogP contribution is 2.30.